The number of benzene rings is 1. The molecule has 1 aromatic carbocycles. The molecule has 0 aliphatic rings. The van der Waals surface area contributed by atoms with Crippen molar-refractivity contribution in [1.29, 1.82) is 0 Å². The molecule has 0 radical (unpaired) electrons. The fourth-order valence-electron chi connectivity index (χ4n) is 1.91. The Morgan fingerprint density at radius 2 is 1.74 bits per heavy atom. The number of halogens is 1. The van der Waals surface area contributed by atoms with E-state index in [-0.39, 0.29) is 18.3 Å². The van der Waals surface area contributed by atoms with Gasteiger partial charge in [-0.2, -0.15) is 0 Å². The van der Waals surface area contributed by atoms with Gasteiger partial charge in [-0.15, -0.1) is 12.4 Å². The Morgan fingerprint density at radius 1 is 1.13 bits per heavy atom. The highest BCUT2D eigenvalue weighted by Crippen LogP contribution is 2.26. The number of nitrogens with zero attached hydrogens (tertiary/aromatic N) is 2. The van der Waals surface area contributed by atoms with Crippen LogP contribution in [0.3, 0.4) is 0 Å². The molecule has 0 fully saturated rings. The number of carbonyl (C=O) groups is 1. The number of amides is 1. The Kier molecular flexibility index (Phi) is 8.02. The molecule has 0 aliphatic carbocycles. The Hall–Kier alpha value is -1.63. The van der Waals surface area contributed by atoms with Gasteiger partial charge in [-0.05, 0) is 63.0 Å². The summed E-state index contributed by atoms with van der Waals surface area (Å²) >= 11 is 1.51. The lowest BCUT2D eigenvalue weighted by atomic mass is 10.3. The molecular formula is C16H21ClN4OS. The monoisotopic (exact) mass is 352 g/mol. The number of hydrogen-bond acceptors (Lipinski definition) is 5. The number of anilines is 1. The molecule has 2 aromatic rings. The zero-order valence-electron chi connectivity index (χ0n) is 13.4. The van der Waals surface area contributed by atoms with Gasteiger partial charge >= 0.3 is 0 Å². The van der Waals surface area contributed by atoms with Gasteiger partial charge < -0.3 is 10.6 Å². The summed E-state index contributed by atoms with van der Waals surface area (Å²) < 4.78 is 0. The summed E-state index contributed by atoms with van der Waals surface area (Å²) in [6.07, 6.45) is 0.462. The highest BCUT2D eigenvalue weighted by molar-refractivity contribution is 7.99. The molecular weight excluding hydrogens is 332 g/mol. The van der Waals surface area contributed by atoms with Crippen LogP contribution in [-0.2, 0) is 4.79 Å². The third-order valence-corrected chi connectivity index (χ3v) is 3.78. The summed E-state index contributed by atoms with van der Waals surface area (Å²) in [5, 5.41) is 6.56. The van der Waals surface area contributed by atoms with Gasteiger partial charge in [0.25, 0.3) is 0 Å². The third-order valence-electron chi connectivity index (χ3n) is 2.91. The largest absolute Gasteiger partial charge is 0.326 e. The minimum Gasteiger partial charge on any atom is -0.326 e. The van der Waals surface area contributed by atoms with Gasteiger partial charge in [-0.1, -0.05) is 0 Å². The van der Waals surface area contributed by atoms with Crippen LogP contribution in [0.25, 0.3) is 0 Å². The van der Waals surface area contributed by atoms with E-state index >= 15 is 0 Å². The van der Waals surface area contributed by atoms with E-state index in [0.717, 1.165) is 27.1 Å². The Balaban J connectivity index is 0.00000264. The van der Waals surface area contributed by atoms with E-state index in [1.807, 2.05) is 51.2 Å². The average Bonchev–Trinajstić information content (AvgIpc) is 2.46. The molecule has 0 aliphatic heterocycles. The van der Waals surface area contributed by atoms with E-state index in [9.17, 15) is 4.79 Å². The molecule has 0 unspecified atom stereocenters. The van der Waals surface area contributed by atoms with E-state index in [1.54, 1.807) is 0 Å². The summed E-state index contributed by atoms with van der Waals surface area (Å²) in [6.45, 7) is 4.59. The van der Waals surface area contributed by atoms with Crippen molar-refractivity contribution >= 4 is 35.8 Å². The van der Waals surface area contributed by atoms with Gasteiger partial charge in [0.05, 0.1) is 0 Å². The van der Waals surface area contributed by atoms with E-state index < -0.39 is 0 Å². The number of nitrogens with one attached hydrogen (secondary N) is 2. The van der Waals surface area contributed by atoms with Gasteiger partial charge in [-0.3, -0.25) is 4.79 Å². The molecule has 2 rings (SSSR count). The lowest BCUT2D eigenvalue weighted by molar-refractivity contribution is -0.116. The molecule has 7 heteroatoms. The van der Waals surface area contributed by atoms with E-state index in [0.29, 0.717) is 13.0 Å². The van der Waals surface area contributed by atoms with Crippen molar-refractivity contribution in [1.82, 2.24) is 15.3 Å². The fraction of sp³-hybridized carbons (Fsp3) is 0.312. The zero-order chi connectivity index (χ0) is 15.9. The number of hydrogen-bond donors (Lipinski definition) is 2. The minimum absolute atomic E-state index is 0. The number of aryl methyl sites for hydroxylation is 2. The van der Waals surface area contributed by atoms with E-state index in [4.69, 9.17) is 0 Å². The van der Waals surface area contributed by atoms with Crippen molar-refractivity contribution in [2.75, 3.05) is 18.9 Å². The molecule has 1 heterocycles. The molecule has 0 atom stereocenters. The summed E-state index contributed by atoms with van der Waals surface area (Å²) in [4.78, 5) is 21.5. The predicted octanol–water partition coefficient (Wildman–Crippen LogP) is 3.21. The quantitative estimate of drug-likeness (QED) is 0.781. The van der Waals surface area contributed by atoms with Crippen LogP contribution in [-0.4, -0.2) is 29.5 Å². The topological polar surface area (TPSA) is 66.9 Å². The molecule has 2 N–H and O–H groups in total. The molecule has 0 saturated heterocycles. The van der Waals surface area contributed by atoms with Crippen LogP contribution in [0.1, 0.15) is 17.8 Å². The number of carbonyl (C=O) groups excluding carboxylic acids is 1. The Bertz CT molecular complexity index is 629. The summed E-state index contributed by atoms with van der Waals surface area (Å²) in [5.41, 5.74) is 2.72. The van der Waals surface area contributed by atoms with Crippen LogP contribution in [0.15, 0.2) is 40.4 Å². The highest BCUT2D eigenvalue weighted by Gasteiger charge is 2.04. The van der Waals surface area contributed by atoms with Crippen molar-refractivity contribution in [2.45, 2.75) is 30.3 Å². The molecule has 1 amide bonds. The number of rotatable bonds is 6. The molecule has 0 spiro atoms. The first kappa shape index (κ1) is 19.4. The third kappa shape index (κ3) is 6.56. The van der Waals surface area contributed by atoms with Crippen molar-refractivity contribution in [3.05, 3.63) is 41.7 Å². The first-order chi connectivity index (χ1) is 10.6. The SMILES string of the molecule is CNCCC(=O)Nc1ccc(Sc2nc(C)cc(C)n2)cc1.Cl. The molecule has 5 nitrogen and oxygen atoms in total. The second-order valence-corrected chi connectivity index (χ2v) is 6.00. The normalized spacial score (nSPS) is 10.0. The van der Waals surface area contributed by atoms with Gasteiger partial charge in [0.1, 0.15) is 0 Å². The summed E-state index contributed by atoms with van der Waals surface area (Å²) in [6, 6.07) is 9.65. The van der Waals surface area contributed by atoms with E-state index in [1.165, 1.54) is 11.8 Å². The summed E-state index contributed by atoms with van der Waals surface area (Å²) in [5.74, 6) is 0.00685. The zero-order valence-corrected chi connectivity index (χ0v) is 15.1. The van der Waals surface area contributed by atoms with Crippen molar-refractivity contribution in [3.8, 4) is 0 Å². The van der Waals surface area contributed by atoms with Crippen molar-refractivity contribution < 1.29 is 4.79 Å². The minimum atomic E-state index is 0. The maximum Gasteiger partial charge on any atom is 0.225 e. The molecule has 23 heavy (non-hydrogen) atoms. The van der Waals surface area contributed by atoms with E-state index in [2.05, 4.69) is 20.6 Å². The maximum absolute atomic E-state index is 11.6. The predicted molar refractivity (Wildman–Crippen MR) is 96.5 cm³/mol. The maximum atomic E-state index is 11.6. The first-order valence-electron chi connectivity index (χ1n) is 7.11. The van der Waals surface area contributed by atoms with Gasteiger partial charge in [0.2, 0.25) is 5.91 Å². The lowest BCUT2D eigenvalue weighted by Crippen LogP contribution is -2.18. The first-order valence-corrected chi connectivity index (χ1v) is 7.93. The Morgan fingerprint density at radius 3 is 2.30 bits per heavy atom. The Labute approximate surface area is 147 Å². The smallest absolute Gasteiger partial charge is 0.225 e. The van der Waals surface area contributed by atoms with Crippen molar-refractivity contribution in [2.24, 2.45) is 0 Å². The van der Waals surface area contributed by atoms with Crippen LogP contribution in [0.2, 0.25) is 0 Å². The average molecular weight is 353 g/mol. The van der Waals surface area contributed by atoms with Gasteiger partial charge in [0.15, 0.2) is 5.16 Å². The van der Waals surface area contributed by atoms with Crippen LogP contribution in [0.5, 0.6) is 0 Å². The fourth-order valence-corrected chi connectivity index (χ4v) is 2.78. The standard InChI is InChI=1S/C16H20N4OS.ClH/c1-11-10-12(2)19-16(18-11)22-14-6-4-13(5-7-14)20-15(21)8-9-17-3;/h4-7,10,17H,8-9H2,1-3H3,(H,20,21);1H. The molecule has 0 saturated carbocycles. The van der Waals surface area contributed by atoms with Gasteiger partial charge in [0, 0.05) is 34.9 Å². The second kappa shape index (κ2) is 9.50. The van der Waals surface area contributed by atoms with Crippen LogP contribution < -0.4 is 10.6 Å². The molecule has 1 aromatic heterocycles. The van der Waals surface area contributed by atoms with Gasteiger partial charge in [-0.25, -0.2) is 9.97 Å². The molecule has 0 bridgehead atoms. The second-order valence-electron chi connectivity index (χ2n) is 4.96. The lowest BCUT2D eigenvalue weighted by Gasteiger charge is -2.06. The van der Waals surface area contributed by atoms with Crippen molar-refractivity contribution in [3.63, 3.8) is 0 Å². The van der Waals surface area contributed by atoms with Crippen LogP contribution >= 0.6 is 24.2 Å². The number of aromatic nitrogens is 2. The van der Waals surface area contributed by atoms with Crippen LogP contribution in [0, 0.1) is 13.8 Å². The summed E-state index contributed by atoms with van der Waals surface area (Å²) in [7, 11) is 1.83. The van der Waals surface area contributed by atoms with Crippen LogP contribution in [0.4, 0.5) is 5.69 Å². The molecule has 124 valence electrons. The highest BCUT2D eigenvalue weighted by atomic mass is 35.5.